The van der Waals surface area contributed by atoms with E-state index in [1.807, 2.05) is 0 Å². The lowest BCUT2D eigenvalue weighted by Crippen LogP contribution is -2.35. The molecule has 0 radical (unpaired) electrons. The highest BCUT2D eigenvalue weighted by atomic mass is 32.2. The van der Waals surface area contributed by atoms with Crippen LogP contribution in [0.3, 0.4) is 0 Å². The van der Waals surface area contributed by atoms with E-state index < -0.39 is 0 Å². The fraction of sp³-hybridized carbons (Fsp3) is 0.714. The minimum Gasteiger partial charge on any atom is -0.310 e. The number of thioether (sulfide) groups is 1. The SMILES string of the molecule is CC(C)(C)NCc1cc(=O)[nH]c(CSC(C)(C)C)n1. The van der Waals surface area contributed by atoms with E-state index >= 15 is 0 Å². The number of nitrogens with zero attached hydrogens (tertiary/aromatic N) is 1. The van der Waals surface area contributed by atoms with Gasteiger partial charge in [0.05, 0.1) is 11.4 Å². The molecule has 4 nitrogen and oxygen atoms in total. The molecule has 108 valence electrons. The second-order valence-electron chi connectivity index (χ2n) is 6.69. The summed E-state index contributed by atoms with van der Waals surface area (Å²) in [5, 5.41) is 3.34. The van der Waals surface area contributed by atoms with Crippen molar-refractivity contribution in [1.29, 1.82) is 0 Å². The summed E-state index contributed by atoms with van der Waals surface area (Å²) in [6, 6.07) is 1.56. The summed E-state index contributed by atoms with van der Waals surface area (Å²) in [4.78, 5) is 18.9. The van der Waals surface area contributed by atoms with E-state index in [0.29, 0.717) is 6.54 Å². The van der Waals surface area contributed by atoms with Crippen molar-refractivity contribution < 1.29 is 0 Å². The molecule has 0 fully saturated rings. The molecule has 0 amide bonds. The Morgan fingerprint density at radius 2 is 1.89 bits per heavy atom. The van der Waals surface area contributed by atoms with Gasteiger partial charge in [-0.3, -0.25) is 4.79 Å². The Morgan fingerprint density at radius 3 is 2.42 bits per heavy atom. The second-order valence-corrected chi connectivity index (χ2v) is 8.49. The third-order valence-corrected chi connectivity index (χ3v) is 3.57. The molecular formula is C14H25N3OS. The first-order valence-corrected chi connectivity index (χ1v) is 7.52. The van der Waals surface area contributed by atoms with Crippen LogP contribution in [0.4, 0.5) is 0 Å². The van der Waals surface area contributed by atoms with E-state index in [9.17, 15) is 4.79 Å². The average Bonchev–Trinajstić information content (AvgIpc) is 2.21. The van der Waals surface area contributed by atoms with Gasteiger partial charge in [0, 0.05) is 22.9 Å². The Hall–Kier alpha value is -0.810. The molecule has 1 aromatic heterocycles. The normalized spacial score (nSPS) is 12.7. The van der Waals surface area contributed by atoms with E-state index in [0.717, 1.165) is 17.3 Å². The van der Waals surface area contributed by atoms with E-state index in [4.69, 9.17) is 0 Å². The lowest BCUT2D eigenvalue weighted by Gasteiger charge is -2.20. The van der Waals surface area contributed by atoms with Gasteiger partial charge >= 0.3 is 0 Å². The molecule has 5 heteroatoms. The second kappa shape index (κ2) is 6.09. The molecule has 2 N–H and O–H groups in total. The highest BCUT2D eigenvalue weighted by molar-refractivity contribution is 7.99. The van der Waals surface area contributed by atoms with Gasteiger partial charge in [0.1, 0.15) is 5.82 Å². The van der Waals surface area contributed by atoms with Gasteiger partial charge in [-0.05, 0) is 20.8 Å². The topological polar surface area (TPSA) is 57.8 Å². The van der Waals surface area contributed by atoms with Gasteiger partial charge in [-0.1, -0.05) is 20.8 Å². The van der Waals surface area contributed by atoms with Crippen LogP contribution in [-0.4, -0.2) is 20.3 Å². The third kappa shape index (κ3) is 7.38. The summed E-state index contributed by atoms with van der Waals surface area (Å²) in [5.41, 5.74) is 0.735. The molecule has 0 saturated carbocycles. The maximum atomic E-state index is 11.6. The molecule has 0 spiro atoms. The van der Waals surface area contributed by atoms with Crippen molar-refractivity contribution in [3.8, 4) is 0 Å². The largest absolute Gasteiger partial charge is 0.310 e. The van der Waals surface area contributed by atoms with Gasteiger partial charge in [0.15, 0.2) is 0 Å². The quantitative estimate of drug-likeness (QED) is 0.892. The fourth-order valence-corrected chi connectivity index (χ4v) is 2.07. The summed E-state index contributed by atoms with van der Waals surface area (Å²) in [7, 11) is 0. The van der Waals surface area contributed by atoms with Gasteiger partial charge in [0.2, 0.25) is 0 Å². The molecule has 0 bridgehead atoms. The zero-order valence-corrected chi connectivity index (χ0v) is 13.6. The first-order valence-electron chi connectivity index (χ1n) is 6.53. The van der Waals surface area contributed by atoms with E-state index in [-0.39, 0.29) is 15.8 Å². The summed E-state index contributed by atoms with van der Waals surface area (Å²) in [5.74, 6) is 1.47. The average molecular weight is 283 g/mol. The predicted octanol–water partition coefficient (Wildman–Crippen LogP) is 2.69. The standard InChI is InChI=1S/C14H25N3OS/c1-13(2,3)15-8-10-7-12(18)17-11(16-10)9-19-14(4,5)6/h7,15H,8-9H2,1-6H3,(H,16,17,18). The van der Waals surface area contributed by atoms with Crippen LogP contribution in [0, 0.1) is 0 Å². The van der Waals surface area contributed by atoms with Gasteiger partial charge in [-0.15, -0.1) is 11.8 Å². The van der Waals surface area contributed by atoms with Crippen LogP contribution in [0.5, 0.6) is 0 Å². The van der Waals surface area contributed by atoms with Gasteiger partial charge in [0.25, 0.3) is 5.56 Å². The third-order valence-electron chi connectivity index (χ3n) is 2.29. The minimum absolute atomic E-state index is 0.0185. The molecule has 1 heterocycles. The van der Waals surface area contributed by atoms with E-state index in [1.54, 1.807) is 17.8 Å². The first-order chi connectivity index (χ1) is 8.55. The summed E-state index contributed by atoms with van der Waals surface area (Å²) in [6.45, 7) is 13.4. The molecule has 0 aliphatic heterocycles. The highest BCUT2D eigenvalue weighted by Crippen LogP contribution is 2.25. The van der Waals surface area contributed by atoms with Crippen molar-refractivity contribution in [2.45, 2.75) is 64.1 Å². The van der Waals surface area contributed by atoms with Crippen molar-refractivity contribution in [2.24, 2.45) is 0 Å². The number of H-pyrrole nitrogens is 1. The minimum atomic E-state index is -0.0785. The molecule has 19 heavy (non-hydrogen) atoms. The van der Waals surface area contributed by atoms with Gasteiger partial charge in [-0.2, -0.15) is 0 Å². The number of hydrogen-bond donors (Lipinski definition) is 2. The van der Waals surface area contributed by atoms with Gasteiger partial charge in [-0.25, -0.2) is 4.98 Å². The molecule has 0 aliphatic carbocycles. The lowest BCUT2D eigenvalue weighted by atomic mass is 10.1. The molecule has 0 saturated heterocycles. The molecule has 1 rings (SSSR count). The number of hydrogen-bond acceptors (Lipinski definition) is 4. The Kier molecular flexibility index (Phi) is 5.21. The monoisotopic (exact) mass is 283 g/mol. The van der Waals surface area contributed by atoms with Crippen LogP contribution >= 0.6 is 11.8 Å². The number of aromatic amines is 1. The molecule has 0 aromatic carbocycles. The first kappa shape index (κ1) is 16.2. The molecule has 0 atom stereocenters. The summed E-state index contributed by atoms with van der Waals surface area (Å²) in [6.07, 6.45) is 0. The smallest absolute Gasteiger partial charge is 0.251 e. The van der Waals surface area contributed by atoms with Crippen LogP contribution in [0.15, 0.2) is 10.9 Å². The van der Waals surface area contributed by atoms with Crippen LogP contribution < -0.4 is 10.9 Å². The zero-order valence-electron chi connectivity index (χ0n) is 12.8. The maximum absolute atomic E-state index is 11.6. The van der Waals surface area contributed by atoms with E-state index in [1.165, 1.54) is 0 Å². The number of nitrogens with one attached hydrogen (secondary N) is 2. The molecule has 0 aliphatic rings. The Morgan fingerprint density at radius 1 is 1.26 bits per heavy atom. The molecule has 1 aromatic rings. The lowest BCUT2D eigenvalue weighted by molar-refractivity contribution is 0.420. The van der Waals surface area contributed by atoms with Crippen molar-refractivity contribution in [3.05, 3.63) is 27.9 Å². The highest BCUT2D eigenvalue weighted by Gasteiger charge is 2.13. The van der Waals surface area contributed by atoms with Crippen LogP contribution in [-0.2, 0) is 12.3 Å². The van der Waals surface area contributed by atoms with Crippen LogP contribution in [0.25, 0.3) is 0 Å². The number of aromatic nitrogens is 2. The van der Waals surface area contributed by atoms with Crippen LogP contribution in [0.1, 0.15) is 53.1 Å². The van der Waals surface area contributed by atoms with Gasteiger partial charge < -0.3 is 10.3 Å². The van der Waals surface area contributed by atoms with E-state index in [2.05, 4.69) is 56.8 Å². The van der Waals surface area contributed by atoms with Crippen molar-refractivity contribution in [2.75, 3.05) is 0 Å². The molecular weight excluding hydrogens is 258 g/mol. The fourth-order valence-electron chi connectivity index (χ4n) is 1.36. The van der Waals surface area contributed by atoms with Crippen molar-refractivity contribution in [3.63, 3.8) is 0 Å². The number of rotatable bonds is 4. The van der Waals surface area contributed by atoms with Crippen LogP contribution in [0.2, 0.25) is 0 Å². The predicted molar refractivity (Wildman–Crippen MR) is 82.5 cm³/mol. The summed E-state index contributed by atoms with van der Waals surface area (Å²) < 4.78 is 0.165. The molecule has 0 unspecified atom stereocenters. The Bertz CT molecular complexity index is 430. The Balaban J connectivity index is 2.74. The summed E-state index contributed by atoms with van der Waals surface area (Å²) >= 11 is 1.77. The van der Waals surface area contributed by atoms with Crippen molar-refractivity contribution in [1.82, 2.24) is 15.3 Å². The zero-order chi connectivity index (χ0) is 14.7. The Labute approximate surface area is 119 Å². The van der Waals surface area contributed by atoms with Crippen molar-refractivity contribution >= 4 is 11.8 Å². The maximum Gasteiger partial charge on any atom is 0.251 e.